The minimum atomic E-state index is -0.0920. The Morgan fingerprint density at radius 3 is 2.71 bits per heavy atom. The summed E-state index contributed by atoms with van der Waals surface area (Å²) in [7, 11) is 1.63. The highest BCUT2D eigenvalue weighted by Crippen LogP contribution is 2.23. The Morgan fingerprint density at radius 2 is 2.05 bits per heavy atom. The molecule has 0 radical (unpaired) electrons. The van der Waals surface area contributed by atoms with Crippen molar-refractivity contribution in [3.63, 3.8) is 0 Å². The van der Waals surface area contributed by atoms with Gasteiger partial charge in [-0.15, -0.1) is 0 Å². The number of unbranched alkanes of at least 4 members (excludes halogenated alkanes) is 2. The van der Waals surface area contributed by atoms with Crippen molar-refractivity contribution in [2.45, 2.75) is 26.2 Å². The first-order valence-corrected chi connectivity index (χ1v) is 7.22. The molecule has 0 saturated heterocycles. The maximum absolute atomic E-state index is 12.2. The van der Waals surface area contributed by atoms with Gasteiger partial charge in [-0.05, 0) is 30.7 Å². The van der Waals surface area contributed by atoms with Crippen LogP contribution in [0, 0.1) is 0 Å². The van der Waals surface area contributed by atoms with Gasteiger partial charge >= 0.3 is 0 Å². The van der Waals surface area contributed by atoms with Crippen LogP contribution in [0.25, 0.3) is 11.3 Å². The Hall–Kier alpha value is -2.30. The van der Waals surface area contributed by atoms with Gasteiger partial charge in [-0.25, -0.2) is 0 Å². The summed E-state index contributed by atoms with van der Waals surface area (Å²) in [6.07, 6.45) is 4.82. The van der Waals surface area contributed by atoms with Gasteiger partial charge in [0, 0.05) is 12.1 Å². The molecule has 1 heterocycles. The lowest BCUT2D eigenvalue weighted by atomic mass is 10.1. The van der Waals surface area contributed by atoms with Crippen LogP contribution >= 0.6 is 0 Å². The second-order valence-electron chi connectivity index (χ2n) is 4.85. The Kier molecular flexibility index (Phi) is 5.37. The van der Waals surface area contributed by atoms with E-state index in [0.717, 1.165) is 36.3 Å². The van der Waals surface area contributed by atoms with Crippen molar-refractivity contribution in [2.75, 3.05) is 13.7 Å². The molecule has 2 aromatic rings. The van der Waals surface area contributed by atoms with Crippen LogP contribution in [0.4, 0.5) is 0 Å². The van der Waals surface area contributed by atoms with Crippen LogP contribution in [0.5, 0.6) is 5.75 Å². The molecule has 0 spiro atoms. The van der Waals surface area contributed by atoms with Crippen molar-refractivity contribution in [3.8, 4) is 17.0 Å². The zero-order valence-corrected chi connectivity index (χ0v) is 12.5. The zero-order valence-electron chi connectivity index (χ0n) is 12.5. The van der Waals surface area contributed by atoms with Crippen molar-refractivity contribution in [1.29, 1.82) is 0 Å². The number of aromatic amines is 1. The van der Waals surface area contributed by atoms with Crippen LogP contribution in [0.15, 0.2) is 30.5 Å². The summed E-state index contributed by atoms with van der Waals surface area (Å²) in [5.41, 5.74) is 2.20. The van der Waals surface area contributed by atoms with Crippen LogP contribution in [0.1, 0.15) is 36.5 Å². The molecule has 21 heavy (non-hydrogen) atoms. The average Bonchev–Trinajstić information content (AvgIpc) is 3.01. The van der Waals surface area contributed by atoms with Crippen LogP contribution in [-0.4, -0.2) is 29.8 Å². The number of benzene rings is 1. The molecule has 1 aromatic carbocycles. The number of hydrogen-bond acceptors (Lipinski definition) is 3. The summed E-state index contributed by atoms with van der Waals surface area (Å²) in [4.78, 5) is 12.2. The van der Waals surface area contributed by atoms with Crippen molar-refractivity contribution >= 4 is 5.91 Å². The van der Waals surface area contributed by atoms with Gasteiger partial charge < -0.3 is 10.1 Å². The SMILES string of the molecule is CCCCCNC(=O)c1cn[nH]c1-c1ccc(OC)cc1. The quantitative estimate of drug-likeness (QED) is 0.769. The molecule has 5 nitrogen and oxygen atoms in total. The number of hydrogen-bond donors (Lipinski definition) is 2. The number of carbonyl (C=O) groups is 1. The summed E-state index contributed by atoms with van der Waals surface area (Å²) in [5, 5.41) is 9.81. The molecular weight excluding hydrogens is 266 g/mol. The number of ether oxygens (including phenoxy) is 1. The van der Waals surface area contributed by atoms with Crippen LogP contribution in [0.3, 0.4) is 0 Å². The van der Waals surface area contributed by atoms with Crippen molar-refractivity contribution in [2.24, 2.45) is 0 Å². The fraction of sp³-hybridized carbons (Fsp3) is 0.375. The smallest absolute Gasteiger partial charge is 0.255 e. The number of nitrogens with zero attached hydrogens (tertiary/aromatic N) is 1. The second-order valence-corrected chi connectivity index (χ2v) is 4.85. The van der Waals surface area contributed by atoms with Crippen molar-refractivity contribution in [3.05, 3.63) is 36.0 Å². The third-order valence-corrected chi connectivity index (χ3v) is 3.33. The molecule has 0 aliphatic carbocycles. The van der Waals surface area contributed by atoms with E-state index in [2.05, 4.69) is 22.4 Å². The van der Waals surface area contributed by atoms with E-state index in [9.17, 15) is 4.79 Å². The molecule has 0 unspecified atom stereocenters. The normalized spacial score (nSPS) is 10.4. The van der Waals surface area contributed by atoms with Gasteiger partial charge in [-0.2, -0.15) is 5.10 Å². The van der Waals surface area contributed by atoms with Crippen molar-refractivity contribution < 1.29 is 9.53 Å². The van der Waals surface area contributed by atoms with Crippen LogP contribution in [-0.2, 0) is 0 Å². The van der Waals surface area contributed by atoms with E-state index >= 15 is 0 Å². The zero-order chi connectivity index (χ0) is 15.1. The predicted molar refractivity (Wildman–Crippen MR) is 82.4 cm³/mol. The maximum atomic E-state index is 12.2. The third kappa shape index (κ3) is 3.84. The lowest BCUT2D eigenvalue weighted by Gasteiger charge is -2.06. The van der Waals surface area contributed by atoms with E-state index in [4.69, 9.17) is 4.74 Å². The molecule has 0 atom stereocenters. The second kappa shape index (κ2) is 7.47. The molecule has 0 saturated carbocycles. The van der Waals surface area contributed by atoms with E-state index in [1.807, 2.05) is 24.3 Å². The summed E-state index contributed by atoms with van der Waals surface area (Å²) in [6.45, 7) is 2.83. The van der Waals surface area contributed by atoms with Crippen LogP contribution < -0.4 is 10.1 Å². The topological polar surface area (TPSA) is 67.0 Å². The van der Waals surface area contributed by atoms with E-state index in [1.165, 1.54) is 0 Å². The highest BCUT2D eigenvalue weighted by atomic mass is 16.5. The first-order valence-electron chi connectivity index (χ1n) is 7.22. The Morgan fingerprint density at radius 1 is 1.29 bits per heavy atom. The van der Waals surface area contributed by atoms with Crippen LogP contribution in [0.2, 0.25) is 0 Å². The van der Waals surface area contributed by atoms with Crippen molar-refractivity contribution in [1.82, 2.24) is 15.5 Å². The standard InChI is InChI=1S/C16H21N3O2/c1-3-4-5-10-17-16(20)14-11-18-19-15(14)12-6-8-13(21-2)9-7-12/h6-9,11H,3-5,10H2,1-2H3,(H,17,20)(H,18,19). The lowest BCUT2D eigenvalue weighted by molar-refractivity contribution is 0.0953. The molecule has 0 aliphatic rings. The van der Waals surface area contributed by atoms with Gasteiger partial charge in [0.25, 0.3) is 5.91 Å². The number of nitrogens with one attached hydrogen (secondary N) is 2. The highest BCUT2D eigenvalue weighted by Gasteiger charge is 2.14. The van der Waals surface area contributed by atoms with Gasteiger partial charge in [0.2, 0.25) is 0 Å². The number of aromatic nitrogens is 2. The van der Waals surface area contributed by atoms with E-state index in [0.29, 0.717) is 12.1 Å². The molecule has 1 amide bonds. The summed E-state index contributed by atoms with van der Waals surface area (Å²) in [6, 6.07) is 7.53. The van der Waals surface area contributed by atoms with E-state index in [-0.39, 0.29) is 5.91 Å². The average molecular weight is 287 g/mol. The Balaban J connectivity index is 2.08. The number of carbonyl (C=O) groups excluding carboxylic acids is 1. The molecular formula is C16H21N3O2. The third-order valence-electron chi connectivity index (χ3n) is 3.33. The summed E-state index contributed by atoms with van der Waals surface area (Å²) >= 11 is 0. The molecule has 1 aromatic heterocycles. The Bertz CT molecular complexity index is 575. The summed E-state index contributed by atoms with van der Waals surface area (Å²) < 4.78 is 5.14. The minimum Gasteiger partial charge on any atom is -0.497 e. The lowest BCUT2D eigenvalue weighted by Crippen LogP contribution is -2.24. The molecule has 0 aliphatic heterocycles. The molecule has 5 heteroatoms. The number of H-pyrrole nitrogens is 1. The predicted octanol–water partition coefficient (Wildman–Crippen LogP) is 3.01. The molecule has 2 rings (SSSR count). The minimum absolute atomic E-state index is 0.0920. The fourth-order valence-corrected chi connectivity index (χ4v) is 2.11. The molecule has 2 N–H and O–H groups in total. The van der Waals surface area contributed by atoms with E-state index in [1.54, 1.807) is 13.3 Å². The highest BCUT2D eigenvalue weighted by molar-refractivity contribution is 5.99. The number of rotatable bonds is 7. The first kappa shape index (κ1) is 15.1. The number of methoxy groups -OCH3 is 1. The van der Waals surface area contributed by atoms with E-state index < -0.39 is 0 Å². The fourth-order valence-electron chi connectivity index (χ4n) is 2.11. The van der Waals surface area contributed by atoms with Gasteiger partial charge in [0.1, 0.15) is 5.75 Å². The monoisotopic (exact) mass is 287 g/mol. The molecule has 0 fully saturated rings. The van der Waals surface area contributed by atoms with Gasteiger partial charge in [0.05, 0.1) is 24.6 Å². The van der Waals surface area contributed by atoms with Gasteiger partial charge in [-0.1, -0.05) is 19.8 Å². The number of amides is 1. The van der Waals surface area contributed by atoms with Gasteiger partial charge in [0.15, 0.2) is 0 Å². The maximum Gasteiger partial charge on any atom is 0.255 e. The Labute approximate surface area is 124 Å². The first-order chi connectivity index (χ1) is 10.3. The molecule has 0 bridgehead atoms. The molecule has 112 valence electrons. The van der Waals surface area contributed by atoms with Gasteiger partial charge in [-0.3, -0.25) is 9.89 Å². The summed E-state index contributed by atoms with van der Waals surface area (Å²) in [5.74, 6) is 0.689. The largest absolute Gasteiger partial charge is 0.497 e.